The molecule has 2 fully saturated rings. The van der Waals surface area contributed by atoms with E-state index >= 15 is 0 Å². The first kappa shape index (κ1) is 20.7. The van der Waals surface area contributed by atoms with Crippen molar-refractivity contribution in [1.82, 2.24) is 0 Å². The Morgan fingerprint density at radius 2 is 1.57 bits per heavy atom. The third-order valence-electron chi connectivity index (χ3n) is 5.48. The summed E-state index contributed by atoms with van der Waals surface area (Å²) in [5.74, 6) is -0.118. The Morgan fingerprint density at radius 1 is 0.933 bits per heavy atom. The van der Waals surface area contributed by atoms with Crippen molar-refractivity contribution in [3.8, 4) is 0 Å². The van der Waals surface area contributed by atoms with Gasteiger partial charge in [0.1, 0.15) is 0 Å². The summed E-state index contributed by atoms with van der Waals surface area (Å²) in [4.78, 5) is 17.5. The predicted molar refractivity (Wildman–Crippen MR) is 118 cm³/mol. The van der Waals surface area contributed by atoms with E-state index in [-0.39, 0.29) is 5.91 Å². The predicted octanol–water partition coefficient (Wildman–Crippen LogP) is 2.76. The van der Waals surface area contributed by atoms with Gasteiger partial charge in [-0.2, -0.15) is 0 Å². The Hall–Kier alpha value is -2.61. The molecule has 0 aliphatic carbocycles. The number of methoxy groups -OCH3 is 1. The van der Waals surface area contributed by atoms with Crippen LogP contribution in [0.3, 0.4) is 0 Å². The summed E-state index contributed by atoms with van der Waals surface area (Å²) >= 11 is 0. The first-order valence-electron chi connectivity index (χ1n) is 10.4. The lowest BCUT2D eigenvalue weighted by atomic mass is 10.1. The first-order valence-corrected chi connectivity index (χ1v) is 10.4. The normalized spacial score (nSPS) is 17.1. The lowest BCUT2D eigenvalue weighted by molar-refractivity contribution is 0.102. The minimum atomic E-state index is -0.118. The Balaban J connectivity index is 1.56. The monoisotopic (exact) mass is 411 g/mol. The van der Waals surface area contributed by atoms with Crippen LogP contribution < -0.4 is 15.1 Å². The lowest BCUT2D eigenvalue weighted by Gasteiger charge is -2.33. The molecule has 0 saturated carbocycles. The van der Waals surface area contributed by atoms with E-state index in [9.17, 15) is 4.79 Å². The second kappa shape index (κ2) is 9.93. The zero-order valence-electron chi connectivity index (χ0n) is 17.4. The third kappa shape index (κ3) is 4.92. The molecule has 2 aliphatic heterocycles. The van der Waals surface area contributed by atoms with Crippen LogP contribution in [0.15, 0.2) is 42.5 Å². The fourth-order valence-corrected chi connectivity index (χ4v) is 3.82. The lowest BCUT2D eigenvalue weighted by Crippen LogP contribution is -2.38. The number of hydrogen-bond donors (Lipinski definition) is 1. The molecule has 7 heteroatoms. The van der Waals surface area contributed by atoms with E-state index in [0.29, 0.717) is 25.4 Å². The molecule has 0 bridgehead atoms. The van der Waals surface area contributed by atoms with Gasteiger partial charge in [-0.3, -0.25) is 4.79 Å². The fourth-order valence-electron chi connectivity index (χ4n) is 3.82. The summed E-state index contributed by atoms with van der Waals surface area (Å²) in [6.07, 6.45) is 0. The van der Waals surface area contributed by atoms with Crippen molar-refractivity contribution < 1.29 is 19.0 Å². The van der Waals surface area contributed by atoms with Gasteiger partial charge in [-0.05, 0) is 35.9 Å². The number of carbonyl (C=O) groups excluding carboxylic acids is 1. The number of benzene rings is 2. The average molecular weight is 412 g/mol. The van der Waals surface area contributed by atoms with Crippen molar-refractivity contribution in [2.45, 2.75) is 6.61 Å². The number of hydrogen-bond acceptors (Lipinski definition) is 6. The van der Waals surface area contributed by atoms with Crippen molar-refractivity contribution in [3.63, 3.8) is 0 Å². The molecule has 2 aliphatic rings. The van der Waals surface area contributed by atoms with Crippen LogP contribution in [0, 0.1) is 0 Å². The van der Waals surface area contributed by atoms with E-state index in [1.54, 1.807) is 7.11 Å². The van der Waals surface area contributed by atoms with Gasteiger partial charge in [-0.15, -0.1) is 0 Å². The van der Waals surface area contributed by atoms with E-state index in [4.69, 9.17) is 14.2 Å². The van der Waals surface area contributed by atoms with Crippen LogP contribution in [0.2, 0.25) is 0 Å². The summed E-state index contributed by atoms with van der Waals surface area (Å²) in [6, 6.07) is 13.8. The fraction of sp³-hybridized carbons (Fsp3) is 0.435. The molecule has 2 aromatic rings. The van der Waals surface area contributed by atoms with E-state index < -0.39 is 0 Å². The zero-order valence-corrected chi connectivity index (χ0v) is 17.4. The van der Waals surface area contributed by atoms with Crippen molar-refractivity contribution in [2.24, 2.45) is 0 Å². The number of carbonyl (C=O) groups is 1. The zero-order chi connectivity index (χ0) is 20.8. The first-order chi connectivity index (χ1) is 14.7. The van der Waals surface area contributed by atoms with Crippen molar-refractivity contribution >= 4 is 23.0 Å². The number of nitrogens with one attached hydrogen (secondary N) is 1. The highest BCUT2D eigenvalue weighted by Crippen LogP contribution is 2.32. The van der Waals surface area contributed by atoms with Crippen LogP contribution in [-0.4, -0.2) is 65.6 Å². The van der Waals surface area contributed by atoms with Crippen molar-refractivity contribution in [2.75, 3.05) is 74.8 Å². The number of morpholine rings is 2. The number of amides is 1. The number of ether oxygens (including phenoxy) is 3. The van der Waals surface area contributed by atoms with E-state index in [1.165, 1.54) is 0 Å². The number of rotatable bonds is 6. The molecule has 0 unspecified atom stereocenters. The van der Waals surface area contributed by atoms with Gasteiger partial charge in [0.15, 0.2) is 0 Å². The van der Waals surface area contributed by atoms with E-state index in [0.717, 1.165) is 62.0 Å². The Kier molecular flexibility index (Phi) is 6.84. The highest BCUT2D eigenvalue weighted by molar-refractivity contribution is 6.06. The second-order valence-electron chi connectivity index (χ2n) is 7.48. The average Bonchev–Trinajstić information content (AvgIpc) is 2.81. The van der Waals surface area contributed by atoms with Crippen LogP contribution in [0.4, 0.5) is 17.1 Å². The molecule has 1 N–H and O–H groups in total. The topological polar surface area (TPSA) is 63.3 Å². The molecule has 0 radical (unpaired) electrons. The van der Waals surface area contributed by atoms with Crippen molar-refractivity contribution in [1.29, 1.82) is 0 Å². The highest BCUT2D eigenvalue weighted by Gasteiger charge is 2.20. The molecule has 0 spiro atoms. The molecular weight excluding hydrogens is 382 g/mol. The van der Waals surface area contributed by atoms with Gasteiger partial charge < -0.3 is 29.3 Å². The largest absolute Gasteiger partial charge is 0.380 e. The molecule has 7 nitrogen and oxygen atoms in total. The Labute approximate surface area is 177 Å². The maximum atomic E-state index is 12.9. The molecule has 0 atom stereocenters. The summed E-state index contributed by atoms with van der Waals surface area (Å²) in [7, 11) is 1.66. The molecule has 160 valence electrons. The molecule has 2 aromatic carbocycles. The minimum Gasteiger partial charge on any atom is -0.380 e. The maximum Gasteiger partial charge on any atom is 0.255 e. The van der Waals surface area contributed by atoms with Gasteiger partial charge in [0.2, 0.25) is 0 Å². The van der Waals surface area contributed by atoms with Gasteiger partial charge >= 0.3 is 0 Å². The van der Waals surface area contributed by atoms with Crippen LogP contribution in [0.25, 0.3) is 0 Å². The SMILES string of the molecule is COCc1ccc(C(=O)Nc2ccc(N3CCOCC3)cc2N2CCOCC2)cc1. The number of anilines is 3. The summed E-state index contributed by atoms with van der Waals surface area (Å²) in [5, 5.41) is 3.11. The standard InChI is InChI=1S/C23H29N3O4/c1-28-17-18-2-4-19(5-3-18)23(27)24-21-7-6-20(25-8-12-29-13-9-25)16-22(21)26-10-14-30-15-11-26/h2-7,16H,8-15,17H2,1H3,(H,24,27). The van der Waals surface area contributed by atoms with E-state index in [2.05, 4.69) is 27.2 Å². The van der Waals surface area contributed by atoms with Gasteiger partial charge in [0.25, 0.3) is 5.91 Å². The summed E-state index contributed by atoms with van der Waals surface area (Å²) in [6.45, 7) is 6.76. The van der Waals surface area contributed by atoms with Crippen LogP contribution in [0.5, 0.6) is 0 Å². The maximum absolute atomic E-state index is 12.9. The van der Waals surface area contributed by atoms with E-state index in [1.807, 2.05) is 30.3 Å². The Morgan fingerprint density at radius 3 is 2.20 bits per heavy atom. The van der Waals surface area contributed by atoms with Crippen LogP contribution in [-0.2, 0) is 20.8 Å². The molecule has 2 heterocycles. The molecule has 1 amide bonds. The smallest absolute Gasteiger partial charge is 0.255 e. The van der Waals surface area contributed by atoms with Crippen molar-refractivity contribution in [3.05, 3.63) is 53.6 Å². The molecule has 30 heavy (non-hydrogen) atoms. The third-order valence-corrected chi connectivity index (χ3v) is 5.48. The molecular formula is C23H29N3O4. The minimum absolute atomic E-state index is 0.118. The molecule has 2 saturated heterocycles. The molecule has 0 aromatic heterocycles. The summed E-state index contributed by atoms with van der Waals surface area (Å²) in [5.41, 5.74) is 4.67. The van der Waals surface area contributed by atoms with Gasteiger partial charge in [0, 0.05) is 44.5 Å². The van der Waals surface area contributed by atoms with Gasteiger partial charge in [-0.1, -0.05) is 12.1 Å². The number of nitrogens with zero attached hydrogens (tertiary/aromatic N) is 2. The van der Waals surface area contributed by atoms with Gasteiger partial charge in [-0.25, -0.2) is 0 Å². The molecule has 4 rings (SSSR count). The van der Waals surface area contributed by atoms with Crippen LogP contribution >= 0.6 is 0 Å². The second-order valence-corrected chi connectivity index (χ2v) is 7.48. The summed E-state index contributed by atoms with van der Waals surface area (Å²) < 4.78 is 16.1. The van der Waals surface area contributed by atoms with Crippen LogP contribution in [0.1, 0.15) is 15.9 Å². The highest BCUT2D eigenvalue weighted by atomic mass is 16.5. The Bertz CT molecular complexity index is 844. The quantitative estimate of drug-likeness (QED) is 0.789. The van der Waals surface area contributed by atoms with Gasteiger partial charge in [0.05, 0.1) is 44.4 Å².